The maximum absolute atomic E-state index is 6.25. The normalized spacial score (nSPS) is 14.2. The predicted octanol–water partition coefficient (Wildman–Crippen LogP) is 3.35. The minimum absolute atomic E-state index is 0.102. The molecule has 2 N–H and O–H groups in total. The number of anilines is 1. The van der Waals surface area contributed by atoms with Crippen LogP contribution in [0.5, 0.6) is 0 Å². The lowest BCUT2D eigenvalue weighted by molar-refractivity contribution is 0.203. The molecule has 3 heteroatoms. The number of nitrogens with zero attached hydrogens (tertiary/aromatic N) is 1. The minimum Gasteiger partial charge on any atom is -0.383 e. The third-order valence-electron chi connectivity index (χ3n) is 3.74. The molecule has 0 spiro atoms. The number of hydrogen-bond acceptors (Lipinski definition) is 3. The van der Waals surface area contributed by atoms with Gasteiger partial charge in [-0.15, -0.1) is 0 Å². The summed E-state index contributed by atoms with van der Waals surface area (Å²) < 4.78 is 5.24. The van der Waals surface area contributed by atoms with Crippen LogP contribution in [0.3, 0.4) is 0 Å². The number of methoxy groups -OCH3 is 1. The van der Waals surface area contributed by atoms with Crippen LogP contribution in [0.2, 0.25) is 0 Å². The molecule has 19 heavy (non-hydrogen) atoms. The Hall–Kier alpha value is -1.06. The minimum atomic E-state index is 0.102. The number of hydrogen-bond donors (Lipinski definition) is 1. The fourth-order valence-electron chi connectivity index (χ4n) is 2.27. The molecular weight excluding hydrogens is 236 g/mol. The van der Waals surface area contributed by atoms with Crippen molar-refractivity contribution in [1.82, 2.24) is 0 Å². The third-order valence-corrected chi connectivity index (χ3v) is 3.74. The highest BCUT2D eigenvalue weighted by atomic mass is 16.5. The lowest BCUT2D eigenvalue weighted by Gasteiger charge is -2.33. The summed E-state index contributed by atoms with van der Waals surface area (Å²) >= 11 is 0. The summed E-state index contributed by atoms with van der Waals surface area (Å²) in [6.45, 7) is 8.24. The van der Waals surface area contributed by atoms with Crippen molar-refractivity contribution in [2.45, 2.75) is 45.7 Å². The van der Waals surface area contributed by atoms with Gasteiger partial charge in [0.25, 0.3) is 0 Å². The molecule has 0 aliphatic heterocycles. The Bertz CT molecular complexity index is 368. The largest absolute Gasteiger partial charge is 0.383 e. The molecule has 0 radical (unpaired) electrons. The van der Waals surface area contributed by atoms with Crippen molar-refractivity contribution in [3.05, 3.63) is 29.8 Å². The Labute approximate surface area is 117 Å². The van der Waals surface area contributed by atoms with E-state index >= 15 is 0 Å². The van der Waals surface area contributed by atoms with Gasteiger partial charge in [0.05, 0.1) is 6.61 Å². The first kappa shape index (κ1) is 16.0. The molecule has 1 aromatic rings. The first-order valence-electron chi connectivity index (χ1n) is 7.25. The van der Waals surface area contributed by atoms with Gasteiger partial charge in [0, 0.05) is 31.4 Å². The first-order valence-corrected chi connectivity index (χ1v) is 7.25. The Kier molecular flexibility index (Phi) is 6.89. The molecule has 0 amide bonds. The predicted molar refractivity (Wildman–Crippen MR) is 82.6 cm³/mol. The van der Waals surface area contributed by atoms with E-state index in [2.05, 4.69) is 49.9 Å². The average Bonchev–Trinajstić information content (AvgIpc) is 2.46. The summed E-state index contributed by atoms with van der Waals surface area (Å²) in [5, 5.41) is 0. The van der Waals surface area contributed by atoms with Gasteiger partial charge >= 0.3 is 0 Å². The highest BCUT2D eigenvalue weighted by Gasteiger charge is 2.18. The summed E-state index contributed by atoms with van der Waals surface area (Å²) in [6, 6.07) is 9.06. The molecule has 0 aliphatic rings. The molecule has 0 bridgehead atoms. The van der Waals surface area contributed by atoms with Crippen LogP contribution < -0.4 is 10.6 Å². The lowest BCUT2D eigenvalue weighted by Crippen LogP contribution is -2.36. The number of rotatable bonds is 8. The van der Waals surface area contributed by atoms with Gasteiger partial charge in [-0.3, -0.25) is 0 Å². The van der Waals surface area contributed by atoms with E-state index in [-0.39, 0.29) is 6.04 Å². The van der Waals surface area contributed by atoms with Crippen LogP contribution in [0.4, 0.5) is 5.69 Å². The summed E-state index contributed by atoms with van der Waals surface area (Å²) in [5.41, 5.74) is 8.74. The lowest BCUT2D eigenvalue weighted by atomic mass is 10.0. The number of para-hydroxylation sites is 1. The molecule has 0 aliphatic carbocycles. The smallest absolute Gasteiger partial charge is 0.0637 e. The Morgan fingerprint density at radius 2 is 1.89 bits per heavy atom. The molecule has 108 valence electrons. The van der Waals surface area contributed by atoms with Crippen LogP contribution in [-0.2, 0) is 4.74 Å². The molecule has 2 atom stereocenters. The molecule has 0 aromatic heterocycles. The summed E-state index contributed by atoms with van der Waals surface area (Å²) in [6.07, 6.45) is 2.06. The van der Waals surface area contributed by atoms with Crippen molar-refractivity contribution in [1.29, 1.82) is 0 Å². The molecule has 1 aromatic carbocycles. The highest BCUT2D eigenvalue weighted by molar-refractivity contribution is 5.55. The van der Waals surface area contributed by atoms with Crippen LogP contribution >= 0.6 is 0 Å². The Balaban J connectivity index is 3.06. The fraction of sp³-hybridized carbons (Fsp3) is 0.625. The third kappa shape index (κ3) is 4.22. The highest BCUT2D eigenvalue weighted by Crippen LogP contribution is 2.28. The molecule has 0 saturated carbocycles. The van der Waals surface area contributed by atoms with Gasteiger partial charge in [-0.05, 0) is 31.4 Å². The molecular formula is C16H28N2O. The van der Waals surface area contributed by atoms with Gasteiger partial charge in [0.15, 0.2) is 0 Å². The van der Waals surface area contributed by atoms with Crippen LogP contribution in [0.25, 0.3) is 0 Å². The zero-order chi connectivity index (χ0) is 14.3. The Morgan fingerprint density at radius 1 is 1.21 bits per heavy atom. The topological polar surface area (TPSA) is 38.5 Å². The number of benzene rings is 1. The summed E-state index contributed by atoms with van der Waals surface area (Å²) in [4.78, 5) is 2.41. The van der Waals surface area contributed by atoms with Crippen molar-refractivity contribution in [3.63, 3.8) is 0 Å². The van der Waals surface area contributed by atoms with E-state index in [4.69, 9.17) is 10.5 Å². The van der Waals surface area contributed by atoms with Gasteiger partial charge in [-0.2, -0.15) is 0 Å². The zero-order valence-electron chi connectivity index (χ0n) is 12.7. The van der Waals surface area contributed by atoms with Crippen LogP contribution in [0.15, 0.2) is 24.3 Å². The Morgan fingerprint density at radius 3 is 2.47 bits per heavy atom. The van der Waals surface area contributed by atoms with Crippen molar-refractivity contribution in [2.24, 2.45) is 5.73 Å². The summed E-state index contributed by atoms with van der Waals surface area (Å²) in [5.74, 6) is 0. The maximum Gasteiger partial charge on any atom is 0.0637 e. The van der Waals surface area contributed by atoms with Crippen LogP contribution in [0.1, 0.15) is 45.2 Å². The fourth-order valence-corrected chi connectivity index (χ4v) is 2.27. The van der Waals surface area contributed by atoms with Crippen molar-refractivity contribution in [3.8, 4) is 0 Å². The molecule has 0 saturated heterocycles. The van der Waals surface area contributed by atoms with Gasteiger partial charge in [0.2, 0.25) is 0 Å². The van der Waals surface area contributed by atoms with Gasteiger partial charge in [0.1, 0.15) is 0 Å². The van der Waals surface area contributed by atoms with E-state index in [1.807, 2.05) is 0 Å². The maximum atomic E-state index is 6.25. The molecule has 1 rings (SSSR count). The van der Waals surface area contributed by atoms with Crippen molar-refractivity contribution in [2.75, 3.05) is 25.2 Å². The van der Waals surface area contributed by atoms with E-state index in [1.54, 1.807) is 7.11 Å². The van der Waals surface area contributed by atoms with Gasteiger partial charge < -0.3 is 15.4 Å². The van der Waals surface area contributed by atoms with Crippen molar-refractivity contribution < 1.29 is 4.74 Å². The van der Waals surface area contributed by atoms with Crippen molar-refractivity contribution >= 4 is 5.69 Å². The molecule has 0 fully saturated rings. The first-order chi connectivity index (χ1) is 9.15. The van der Waals surface area contributed by atoms with E-state index in [1.165, 1.54) is 11.3 Å². The number of ether oxygens (including phenoxy) is 1. The van der Waals surface area contributed by atoms with Gasteiger partial charge in [-0.25, -0.2) is 0 Å². The second-order valence-electron chi connectivity index (χ2n) is 5.02. The van der Waals surface area contributed by atoms with E-state index < -0.39 is 0 Å². The molecule has 3 nitrogen and oxygen atoms in total. The average molecular weight is 264 g/mol. The quantitative estimate of drug-likeness (QED) is 0.782. The van der Waals surface area contributed by atoms with Gasteiger partial charge in [-0.1, -0.05) is 32.0 Å². The van der Waals surface area contributed by atoms with E-state index in [0.29, 0.717) is 6.04 Å². The monoisotopic (exact) mass is 264 g/mol. The number of nitrogens with two attached hydrogens (primary N) is 1. The van der Waals surface area contributed by atoms with E-state index in [0.717, 1.165) is 26.0 Å². The standard InChI is InChI=1S/C16H28N2O/c1-5-13(3)18(11-12-19-4)16-10-8-7-9-14(16)15(17)6-2/h7-10,13,15H,5-6,11-12,17H2,1-4H3/t13?,15-/m0/s1. The zero-order valence-corrected chi connectivity index (χ0v) is 12.7. The molecule has 0 heterocycles. The SMILES string of the molecule is CCC(C)N(CCOC)c1ccccc1[C@@H](N)CC. The molecule has 1 unspecified atom stereocenters. The van der Waals surface area contributed by atoms with Crippen LogP contribution in [-0.4, -0.2) is 26.3 Å². The van der Waals surface area contributed by atoms with Crippen LogP contribution in [0, 0.1) is 0 Å². The summed E-state index contributed by atoms with van der Waals surface area (Å²) in [7, 11) is 1.75. The van der Waals surface area contributed by atoms with E-state index in [9.17, 15) is 0 Å². The second kappa shape index (κ2) is 8.18. The second-order valence-corrected chi connectivity index (χ2v) is 5.02.